The smallest absolute Gasteiger partial charge is 0.335 e. The maximum atomic E-state index is 13.5. The molecule has 0 unspecified atom stereocenters. The van der Waals surface area contributed by atoms with Crippen molar-refractivity contribution in [1.29, 1.82) is 0 Å². The molecule has 6 nitrogen and oxygen atoms in total. The molecule has 0 radical (unpaired) electrons. The van der Waals surface area contributed by atoms with Crippen molar-refractivity contribution in [2.24, 2.45) is 7.05 Å². The highest BCUT2D eigenvalue weighted by Crippen LogP contribution is 2.04. The molecule has 0 aliphatic rings. The number of esters is 1. The molecule has 0 N–H and O–H groups in total. The lowest BCUT2D eigenvalue weighted by Gasteiger charge is -2.07. The van der Waals surface area contributed by atoms with Crippen LogP contribution in [0, 0.1) is 10.5 Å². The van der Waals surface area contributed by atoms with Gasteiger partial charge in [0.15, 0.2) is 5.82 Å². The van der Waals surface area contributed by atoms with Crippen molar-refractivity contribution in [3.8, 4) is 0 Å². The van der Waals surface area contributed by atoms with E-state index in [9.17, 15) is 18.8 Å². The maximum absolute atomic E-state index is 13.5. The largest absolute Gasteiger partial charge is 0.462 e. The zero-order valence-electron chi connectivity index (χ0n) is 13.1. The normalized spacial score (nSPS) is 10.4. The van der Waals surface area contributed by atoms with Crippen LogP contribution in [-0.4, -0.2) is 27.6 Å². The monoisotopic (exact) mass is 342 g/mol. The van der Waals surface area contributed by atoms with E-state index in [0.29, 0.717) is 24.8 Å². The zero-order chi connectivity index (χ0) is 17.6. The first-order valence-electron chi connectivity index (χ1n) is 7.09. The van der Waals surface area contributed by atoms with Crippen LogP contribution in [0.2, 0.25) is 0 Å². The van der Waals surface area contributed by atoms with Gasteiger partial charge in [0.05, 0.1) is 12.8 Å². The Hall–Kier alpha value is -2.09. The van der Waals surface area contributed by atoms with E-state index < -0.39 is 23.4 Å². The third-order valence-electron chi connectivity index (χ3n) is 3.13. The van der Waals surface area contributed by atoms with Crippen LogP contribution in [0.5, 0.6) is 0 Å². The molecule has 0 atom stereocenters. The summed E-state index contributed by atoms with van der Waals surface area (Å²) in [5.74, 6) is -1.74. The quantitative estimate of drug-likeness (QED) is 0.329. The fourth-order valence-electron chi connectivity index (χ4n) is 1.77. The van der Waals surface area contributed by atoms with Crippen LogP contribution in [-0.2, 0) is 16.6 Å². The zero-order valence-corrected chi connectivity index (χ0v) is 14.0. The fourth-order valence-corrected chi connectivity index (χ4v) is 1.91. The highest BCUT2D eigenvalue weighted by Gasteiger charge is 2.12. The molecule has 0 fully saturated rings. The second kappa shape index (κ2) is 8.52. The van der Waals surface area contributed by atoms with E-state index in [1.165, 1.54) is 7.05 Å². The number of carbonyl (C=O) groups excluding carboxylic acids is 2. The van der Waals surface area contributed by atoms with Crippen molar-refractivity contribution in [2.45, 2.75) is 32.6 Å². The summed E-state index contributed by atoms with van der Waals surface area (Å²) in [6.45, 7) is 5.27. The Morgan fingerprint density at radius 1 is 1.35 bits per heavy atom. The topological polar surface area (TPSA) is 70.3 Å². The van der Waals surface area contributed by atoms with Crippen LogP contribution in [0.1, 0.15) is 37.4 Å². The number of hydrogen-bond acceptors (Lipinski definition) is 5. The van der Waals surface area contributed by atoms with Gasteiger partial charge in [0.2, 0.25) is 5.91 Å². The van der Waals surface area contributed by atoms with Gasteiger partial charge in [-0.05, 0) is 26.2 Å². The van der Waals surface area contributed by atoms with Crippen LogP contribution in [0.3, 0.4) is 0 Å². The predicted octanol–water partition coefficient (Wildman–Crippen LogP) is 2.38. The summed E-state index contributed by atoms with van der Waals surface area (Å²) in [4.78, 5) is 35.0. The standard InChI is InChI=1S/C15H19FN2O4S/c1-10(2)14(20)22-8-6-4-5-7-12(19)18-9-11(16)13(23)17(3)15(18)21/h9H,1,4-8H2,2-3H3. The Kier molecular flexibility index (Phi) is 7.02. The molecule has 0 saturated heterocycles. The number of carbonyl (C=O) groups is 2. The average Bonchev–Trinajstić information content (AvgIpc) is 2.51. The highest BCUT2D eigenvalue weighted by molar-refractivity contribution is 7.71. The van der Waals surface area contributed by atoms with Crippen LogP contribution in [0.4, 0.5) is 4.39 Å². The second-order valence-electron chi connectivity index (χ2n) is 5.11. The molecule has 23 heavy (non-hydrogen) atoms. The van der Waals surface area contributed by atoms with E-state index in [2.05, 4.69) is 6.58 Å². The van der Waals surface area contributed by atoms with E-state index in [0.717, 1.165) is 15.3 Å². The van der Waals surface area contributed by atoms with Gasteiger partial charge in [0.25, 0.3) is 0 Å². The van der Waals surface area contributed by atoms with Gasteiger partial charge < -0.3 is 4.74 Å². The van der Waals surface area contributed by atoms with Crippen molar-refractivity contribution in [3.05, 3.63) is 39.3 Å². The molecule has 1 rings (SSSR count). The van der Waals surface area contributed by atoms with Crippen LogP contribution < -0.4 is 5.69 Å². The van der Waals surface area contributed by atoms with Gasteiger partial charge in [-0.2, -0.15) is 0 Å². The molecule has 0 bridgehead atoms. The summed E-state index contributed by atoms with van der Waals surface area (Å²) < 4.78 is 19.8. The predicted molar refractivity (Wildman–Crippen MR) is 85.3 cm³/mol. The average molecular weight is 342 g/mol. The molecule has 0 saturated carbocycles. The lowest BCUT2D eigenvalue weighted by atomic mass is 10.2. The lowest BCUT2D eigenvalue weighted by molar-refractivity contribution is -0.139. The Labute approximate surface area is 138 Å². The summed E-state index contributed by atoms with van der Waals surface area (Å²) in [5.41, 5.74) is -0.337. The number of unbranched alkanes of at least 4 members (excludes halogenated alkanes) is 2. The van der Waals surface area contributed by atoms with E-state index in [-0.39, 0.29) is 17.7 Å². The third-order valence-corrected chi connectivity index (χ3v) is 3.60. The first-order valence-corrected chi connectivity index (χ1v) is 7.50. The molecular formula is C15H19FN2O4S. The molecule has 0 aliphatic heterocycles. The minimum atomic E-state index is -0.790. The minimum Gasteiger partial charge on any atom is -0.462 e. The third kappa shape index (κ3) is 5.24. The van der Waals surface area contributed by atoms with Gasteiger partial charge in [-0.1, -0.05) is 18.8 Å². The number of rotatable bonds is 7. The van der Waals surface area contributed by atoms with Gasteiger partial charge in [-0.3, -0.25) is 9.36 Å². The summed E-state index contributed by atoms with van der Waals surface area (Å²) >= 11 is 4.72. The first kappa shape index (κ1) is 19.0. The molecule has 1 heterocycles. The Balaban J connectivity index is 2.47. The van der Waals surface area contributed by atoms with Crippen LogP contribution in [0.25, 0.3) is 0 Å². The second-order valence-corrected chi connectivity index (χ2v) is 5.50. The van der Waals surface area contributed by atoms with Gasteiger partial charge in [0.1, 0.15) is 4.64 Å². The van der Waals surface area contributed by atoms with Crippen molar-refractivity contribution < 1.29 is 18.7 Å². The Morgan fingerprint density at radius 2 is 2.00 bits per heavy atom. The van der Waals surface area contributed by atoms with E-state index in [1.807, 2.05) is 0 Å². The highest BCUT2D eigenvalue weighted by atomic mass is 32.1. The van der Waals surface area contributed by atoms with Gasteiger partial charge in [0, 0.05) is 19.0 Å². The summed E-state index contributed by atoms with van der Waals surface area (Å²) in [6.07, 6.45) is 2.63. The fraction of sp³-hybridized carbons (Fsp3) is 0.467. The Morgan fingerprint density at radius 3 is 2.61 bits per heavy atom. The molecule has 0 aliphatic carbocycles. The number of halogens is 1. The maximum Gasteiger partial charge on any atom is 0.335 e. The summed E-state index contributed by atoms with van der Waals surface area (Å²) in [7, 11) is 1.31. The van der Waals surface area contributed by atoms with Gasteiger partial charge in [-0.25, -0.2) is 18.5 Å². The number of hydrogen-bond donors (Lipinski definition) is 0. The van der Waals surface area contributed by atoms with Crippen molar-refractivity contribution in [1.82, 2.24) is 9.13 Å². The molecular weight excluding hydrogens is 323 g/mol. The van der Waals surface area contributed by atoms with Crippen molar-refractivity contribution >= 4 is 24.1 Å². The van der Waals surface area contributed by atoms with Crippen LogP contribution in [0.15, 0.2) is 23.1 Å². The van der Waals surface area contributed by atoms with Crippen molar-refractivity contribution in [2.75, 3.05) is 6.61 Å². The minimum absolute atomic E-state index is 0.0879. The SMILES string of the molecule is C=C(C)C(=O)OCCCCCC(=O)n1cc(F)c(=S)n(C)c1=O. The van der Waals surface area contributed by atoms with E-state index in [1.54, 1.807) is 6.92 Å². The summed E-state index contributed by atoms with van der Waals surface area (Å²) in [5, 5.41) is 0. The molecule has 126 valence electrons. The van der Waals surface area contributed by atoms with Gasteiger partial charge in [-0.15, -0.1) is 0 Å². The van der Waals surface area contributed by atoms with Crippen LogP contribution >= 0.6 is 12.2 Å². The number of aromatic nitrogens is 2. The molecule has 1 aromatic heterocycles. The number of ether oxygens (including phenoxy) is 1. The lowest BCUT2D eigenvalue weighted by Crippen LogP contribution is -2.34. The summed E-state index contributed by atoms with van der Waals surface area (Å²) in [6, 6.07) is 0. The number of nitrogens with zero attached hydrogens (tertiary/aromatic N) is 2. The first-order chi connectivity index (χ1) is 10.8. The molecule has 0 spiro atoms. The van der Waals surface area contributed by atoms with Crippen molar-refractivity contribution in [3.63, 3.8) is 0 Å². The molecule has 0 amide bonds. The molecule has 8 heteroatoms. The Bertz CT molecular complexity index is 736. The molecule has 0 aromatic carbocycles. The van der Waals surface area contributed by atoms with E-state index in [4.69, 9.17) is 17.0 Å². The molecule has 1 aromatic rings. The van der Waals surface area contributed by atoms with E-state index >= 15 is 0 Å². The van der Waals surface area contributed by atoms with Gasteiger partial charge >= 0.3 is 11.7 Å².